The van der Waals surface area contributed by atoms with Crippen molar-refractivity contribution in [2.45, 2.75) is 279 Å². The molecule has 0 spiro atoms. The average Bonchev–Trinajstić information content (AvgIpc) is 0.811. The van der Waals surface area contributed by atoms with E-state index < -0.39 is 148 Å². The van der Waals surface area contributed by atoms with Gasteiger partial charge in [0.15, 0.2) is 18.9 Å². The third-order valence-electron chi connectivity index (χ3n) is 18.5. The Morgan fingerprint density at radius 3 is 1.02 bits per heavy atom. The van der Waals surface area contributed by atoms with Gasteiger partial charge in [0.25, 0.3) is 0 Å². The molecular weight excluding hydrogens is 1480 g/mol. The van der Waals surface area contributed by atoms with Gasteiger partial charge in [0.2, 0.25) is 41.4 Å². The topological polar surface area (TPSA) is 556 Å². The zero-order valence-electron chi connectivity index (χ0n) is 65.6. The summed E-state index contributed by atoms with van der Waals surface area (Å²) in [4.78, 5) is 138. The van der Waals surface area contributed by atoms with Crippen molar-refractivity contribution in [3.05, 3.63) is 0 Å². The monoisotopic (exact) mass is 1610 g/mol. The minimum Gasteiger partial charge on any atom is -0.394 e. The van der Waals surface area contributed by atoms with E-state index in [1.165, 1.54) is 27.9 Å². The number of Topliss-reactive ketones (excluding diaryl/α,β-unsaturated/α-hetero) is 4. The van der Waals surface area contributed by atoms with Crippen LogP contribution in [0.3, 0.4) is 0 Å². The number of methoxy groups -OCH3 is 1. The molecule has 38 nitrogen and oxygen atoms in total. The van der Waals surface area contributed by atoms with E-state index in [0.717, 1.165) is 0 Å². The smallest absolute Gasteiger partial charge is 0.246 e. The van der Waals surface area contributed by atoms with Crippen LogP contribution in [0, 0.1) is 0 Å². The molecule has 3 saturated heterocycles. The maximum atomic E-state index is 13.8. The fraction of sp³-hybridized carbons (Fsp3) is 0.851. The van der Waals surface area contributed by atoms with Crippen LogP contribution >= 0.6 is 0 Å². The van der Waals surface area contributed by atoms with E-state index in [2.05, 4.69) is 37.2 Å². The lowest BCUT2D eigenvalue weighted by Gasteiger charge is -2.42. The number of hydrogen-bond donors (Lipinski definition) is 16. The summed E-state index contributed by atoms with van der Waals surface area (Å²) in [7, 11) is 1.40. The molecule has 112 heavy (non-hydrogen) atoms. The van der Waals surface area contributed by atoms with Crippen LogP contribution in [0.15, 0.2) is 0 Å². The first kappa shape index (κ1) is 100. The molecule has 3 fully saturated rings. The minimum absolute atomic E-state index is 0.00106. The number of carbonyl (C=O) groups excluding carboxylic acids is 11. The number of ketones is 4. The summed E-state index contributed by atoms with van der Waals surface area (Å²) in [5.74, 6) is -3.16. The quantitative estimate of drug-likeness (QED) is 0.0267. The summed E-state index contributed by atoms with van der Waals surface area (Å²) in [6.07, 6.45) is -6.61. The van der Waals surface area contributed by atoms with Crippen LogP contribution in [-0.2, 0) is 105 Å². The van der Waals surface area contributed by atoms with Gasteiger partial charge in [-0.3, -0.25) is 52.7 Å². The zero-order valence-corrected chi connectivity index (χ0v) is 65.6. The van der Waals surface area contributed by atoms with Crippen molar-refractivity contribution in [3.63, 3.8) is 0 Å². The first-order valence-corrected chi connectivity index (χ1v) is 39.2. The summed E-state index contributed by atoms with van der Waals surface area (Å²) in [6.45, 7) is 1.62. The number of aliphatic hydroxyl groups is 9. The molecule has 0 radical (unpaired) electrons. The highest BCUT2D eigenvalue weighted by atomic mass is 16.7. The van der Waals surface area contributed by atoms with Crippen LogP contribution in [0.4, 0.5) is 0 Å². The van der Waals surface area contributed by atoms with Gasteiger partial charge in [-0.2, -0.15) is 0 Å². The van der Waals surface area contributed by atoms with Crippen molar-refractivity contribution in [1.29, 1.82) is 0 Å². The Hall–Kier alpha value is -5.83. The molecule has 3 heterocycles. The first-order chi connectivity index (χ1) is 53.7. The maximum Gasteiger partial charge on any atom is 0.246 e. The first-order valence-electron chi connectivity index (χ1n) is 39.2. The van der Waals surface area contributed by atoms with Gasteiger partial charge in [0.1, 0.15) is 115 Å². The lowest BCUT2D eigenvalue weighted by Crippen LogP contribution is -2.64. The van der Waals surface area contributed by atoms with E-state index in [1.54, 1.807) is 0 Å². The largest absolute Gasteiger partial charge is 0.394 e. The van der Waals surface area contributed by atoms with Crippen molar-refractivity contribution in [1.82, 2.24) is 37.2 Å². The number of hydrogen-bond acceptors (Lipinski definition) is 31. The van der Waals surface area contributed by atoms with Gasteiger partial charge < -0.3 is 135 Å². The van der Waals surface area contributed by atoms with E-state index in [9.17, 15) is 98.7 Å². The highest BCUT2D eigenvalue weighted by Gasteiger charge is 2.48. The number of ether oxygens (including phenoxy) is 11. The van der Waals surface area contributed by atoms with Gasteiger partial charge in [0, 0.05) is 138 Å². The highest BCUT2D eigenvalue weighted by Crippen LogP contribution is 2.26. The van der Waals surface area contributed by atoms with E-state index in [-0.39, 0.29) is 178 Å². The Morgan fingerprint density at radius 1 is 0.330 bits per heavy atom. The van der Waals surface area contributed by atoms with Crippen molar-refractivity contribution in [3.8, 4) is 0 Å². The molecule has 3 aliphatic heterocycles. The maximum absolute atomic E-state index is 13.8. The van der Waals surface area contributed by atoms with E-state index in [1.807, 2.05) is 0 Å². The Bertz CT molecular complexity index is 2500. The second-order valence-corrected chi connectivity index (χ2v) is 28.4. The zero-order chi connectivity index (χ0) is 82.6. The van der Waals surface area contributed by atoms with E-state index in [4.69, 9.17) is 52.1 Å². The molecular formula is C74H129N7O31. The van der Waals surface area contributed by atoms with Crippen LogP contribution < -0.4 is 37.2 Å². The Labute approximate surface area is 654 Å². The summed E-state index contributed by atoms with van der Waals surface area (Å²) < 4.78 is 62.7. The molecule has 6 unspecified atom stereocenters. The molecule has 38 heteroatoms. The van der Waals surface area contributed by atoms with Crippen molar-refractivity contribution < 1.29 is 151 Å². The molecule has 0 aromatic heterocycles. The number of aliphatic hydroxyl groups excluding tert-OH is 9. The third-order valence-corrected chi connectivity index (χ3v) is 18.5. The Morgan fingerprint density at radius 2 is 0.652 bits per heavy atom. The summed E-state index contributed by atoms with van der Waals surface area (Å²) in [6, 6.07) is -3.25. The van der Waals surface area contributed by atoms with Crippen molar-refractivity contribution >= 4 is 64.5 Å². The molecule has 3 rings (SSSR count). The second-order valence-electron chi connectivity index (χ2n) is 28.4. The highest BCUT2D eigenvalue weighted by molar-refractivity contribution is 5.81. The predicted molar refractivity (Wildman–Crippen MR) is 394 cm³/mol. The normalized spacial score (nSPS) is 24.2. The lowest BCUT2D eigenvalue weighted by molar-refractivity contribution is -0.270. The molecule has 7 amide bonds. The molecule has 0 aromatic rings. The second kappa shape index (κ2) is 58.9. The molecule has 15 atom stereocenters. The van der Waals surface area contributed by atoms with Crippen LogP contribution in [0.2, 0.25) is 0 Å². The van der Waals surface area contributed by atoms with E-state index in [0.29, 0.717) is 116 Å². The molecule has 3 aliphatic rings. The fourth-order valence-corrected chi connectivity index (χ4v) is 12.3. The standard InChI is InChI=1S/C74H129N7O31/c1-48(85)78-62-68(99)65(96)55(40-82)110-71(62)107-34-15-11-24-51(88)20-7-5-9-22-53(90)27-37-104-45-74(81-61(95)44-103-33-18-14-30-77-60(94)43-102-4,46-105-38-28-54(91)23-10-6-8-21-52(89)25-12-16-35-108-72-63(79-49(2)86)69(100)66(97)56(41-83)111-72)47-106-39-29-59(93)76-32-19-31-75-58(92)26-13-17-36-109-73-64(80-50(3)87)70(101)67(98)57(42-84)112-73/h55-57,62-73,82-84,96-101H,5-47H2,1-4H3,(H,75,92)(H,76,93)(H,77,94)(H,78,85)(H,79,86)(H,80,87)(H,81,95)/t55?,56?,57?,62?,63?,64?,65-,66-,67-,68+,69+,70+,71+,72+,73+,74?/m0/s1. The van der Waals surface area contributed by atoms with Crippen LogP contribution in [0.25, 0.3) is 0 Å². The molecule has 0 aromatic carbocycles. The van der Waals surface area contributed by atoms with Gasteiger partial charge in [-0.15, -0.1) is 0 Å². The lowest BCUT2D eigenvalue weighted by atomic mass is 9.97. The number of nitrogens with one attached hydrogen (secondary N) is 7. The predicted octanol–water partition coefficient (Wildman–Crippen LogP) is -3.19. The molecule has 16 N–H and O–H groups in total. The van der Waals surface area contributed by atoms with Gasteiger partial charge in [0.05, 0.1) is 59.5 Å². The Kier molecular flexibility index (Phi) is 52.8. The van der Waals surface area contributed by atoms with Crippen LogP contribution in [0.1, 0.15) is 181 Å². The molecule has 0 saturated carbocycles. The van der Waals surface area contributed by atoms with Gasteiger partial charge in [-0.1, -0.05) is 12.8 Å². The van der Waals surface area contributed by atoms with Crippen LogP contribution in [-0.4, -0.2) is 334 Å². The average molecular weight is 1610 g/mol. The van der Waals surface area contributed by atoms with Gasteiger partial charge in [-0.05, 0) is 83.5 Å². The minimum atomic E-state index is -1.46. The summed E-state index contributed by atoms with van der Waals surface area (Å²) in [5.41, 5.74) is -1.46. The van der Waals surface area contributed by atoms with Gasteiger partial charge in [-0.25, -0.2) is 0 Å². The van der Waals surface area contributed by atoms with Crippen molar-refractivity contribution in [2.75, 3.05) is 126 Å². The molecule has 0 aliphatic carbocycles. The van der Waals surface area contributed by atoms with E-state index >= 15 is 0 Å². The number of unbranched alkanes of at least 4 members (excludes halogenated alkanes) is 8. The molecule has 646 valence electrons. The Balaban J connectivity index is 1.55. The number of rotatable bonds is 65. The summed E-state index contributed by atoms with van der Waals surface area (Å²) in [5, 5.41) is 110. The third kappa shape index (κ3) is 42.2. The SMILES string of the molecule is COCC(=O)NCCCCOCC(=O)NC(COCCC(=O)CCCCCC(=O)CCCCO[C@@H]1OC(CO)[C@H](O)[C@H](O)C1NC(C)=O)(COCCC(=O)CCCCCC(=O)CCCCO[C@@H]1OC(CO)[C@H](O)[C@H](O)C1NC(C)=O)COCCC(=O)NCCCNC(=O)CCCCO[C@@H]1OC(CO)[C@H](O)[C@H](O)C1NC(C)=O. The van der Waals surface area contributed by atoms with Gasteiger partial charge >= 0.3 is 0 Å². The van der Waals surface area contributed by atoms with Crippen LogP contribution in [0.5, 0.6) is 0 Å². The van der Waals surface area contributed by atoms with Crippen molar-refractivity contribution in [2.24, 2.45) is 0 Å². The summed E-state index contributed by atoms with van der Waals surface area (Å²) >= 11 is 0. The molecule has 0 bridgehead atoms. The fourth-order valence-electron chi connectivity index (χ4n) is 12.3. The number of amides is 7. The number of carbonyl (C=O) groups is 11.